The monoisotopic (exact) mass is 397 g/mol. The van der Waals surface area contributed by atoms with Gasteiger partial charge in [-0.1, -0.05) is 6.07 Å². The second kappa shape index (κ2) is 10.5. The Morgan fingerprint density at radius 3 is 2.61 bits per heavy atom. The SMILES string of the molecule is C1CNCNC1.C=Nc1nc(-c2cccnc2Oc2cccc(OC)c2)cs1. The lowest BCUT2D eigenvalue weighted by atomic mass is 10.2. The molecule has 0 unspecified atom stereocenters. The molecule has 0 saturated carbocycles. The average molecular weight is 398 g/mol. The first-order valence-electron chi connectivity index (χ1n) is 8.91. The number of thiazole rings is 1. The van der Waals surface area contributed by atoms with Gasteiger partial charge in [0, 0.05) is 24.3 Å². The van der Waals surface area contributed by atoms with Crippen LogP contribution in [0.5, 0.6) is 17.4 Å². The molecule has 0 atom stereocenters. The number of nitrogens with zero attached hydrogens (tertiary/aromatic N) is 3. The molecule has 1 aliphatic heterocycles. The number of aliphatic imine (C=N–C) groups is 1. The van der Waals surface area contributed by atoms with Gasteiger partial charge < -0.3 is 20.1 Å². The van der Waals surface area contributed by atoms with Gasteiger partial charge in [0.15, 0.2) is 0 Å². The number of pyridine rings is 1. The molecule has 8 heteroatoms. The predicted molar refractivity (Wildman–Crippen MR) is 113 cm³/mol. The summed E-state index contributed by atoms with van der Waals surface area (Å²) in [6.45, 7) is 6.86. The van der Waals surface area contributed by atoms with Crippen LogP contribution in [0.3, 0.4) is 0 Å². The highest BCUT2D eigenvalue weighted by Crippen LogP contribution is 2.34. The summed E-state index contributed by atoms with van der Waals surface area (Å²) >= 11 is 1.42. The van der Waals surface area contributed by atoms with Crippen molar-refractivity contribution in [3.8, 4) is 28.6 Å². The Morgan fingerprint density at radius 1 is 1.14 bits per heavy atom. The summed E-state index contributed by atoms with van der Waals surface area (Å²) in [5.41, 5.74) is 1.56. The first-order chi connectivity index (χ1) is 13.8. The molecular formula is C20H23N5O2S. The summed E-state index contributed by atoms with van der Waals surface area (Å²) < 4.78 is 11.1. The molecule has 3 aromatic rings. The zero-order valence-electron chi connectivity index (χ0n) is 15.7. The maximum absolute atomic E-state index is 5.88. The average Bonchev–Trinajstić information content (AvgIpc) is 3.25. The Labute approximate surface area is 168 Å². The third-order valence-corrected chi connectivity index (χ3v) is 4.66. The van der Waals surface area contributed by atoms with Gasteiger partial charge in [0.25, 0.3) is 0 Å². The van der Waals surface area contributed by atoms with E-state index in [4.69, 9.17) is 9.47 Å². The molecule has 0 radical (unpaired) electrons. The van der Waals surface area contributed by atoms with Gasteiger partial charge in [-0.2, -0.15) is 0 Å². The van der Waals surface area contributed by atoms with Gasteiger partial charge in [-0.25, -0.2) is 15.0 Å². The molecule has 0 aliphatic carbocycles. The van der Waals surface area contributed by atoms with Crippen molar-refractivity contribution in [2.45, 2.75) is 6.42 Å². The van der Waals surface area contributed by atoms with Crippen LogP contribution in [0.2, 0.25) is 0 Å². The lowest BCUT2D eigenvalue weighted by Gasteiger charge is -2.11. The summed E-state index contributed by atoms with van der Waals surface area (Å²) in [7, 11) is 1.62. The van der Waals surface area contributed by atoms with E-state index in [0.717, 1.165) is 23.7 Å². The van der Waals surface area contributed by atoms with Crippen LogP contribution in [0.1, 0.15) is 6.42 Å². The Bertz CT molecular complexity index is 884. The van der Waals surface area contributed by atoms with Crippen LogP contribution < -0.4 is 20.1 Å². The number of benzene rings is 1. The van der Waals surface area contributed by atoms with Crippen LogP contribution >= 0.6 is 11.3 Å². The van der Waals surface area contributed by atoms with Crippen LogP contribution in [0, 0.1) is 0 Å². The molecule has 0 spiro atoms. The van der Waals surface area contributed by atoms with Crippen molar-refractivity contribution in [1.29, 1.82) is 0 Å². The zero-order chi connectivity index (χ0) is 19.6. The summed E-state index contributed by atoms with van der Waals surface area (Å²) in [5.74, 6) is 1.86. The first-order valence-corrected chi connectivity index (χ1v) is 9.79. The quantitative estimate of drug-likeness (QED) is 0.636. The van der Waals surface area contributed by atoms with Crippen molar-refractivity contribution < 1.29 is 9.47 Å². The van der Waals surface area contributed by atoms with Crippen LogP contribution in [-0.4, -0.2) is 43.6 Å². The molecule has 1 saturated heterocycles. The number of rotatable bonds is 5. The minimum atomic E-state index is 0.483. The van der Waals surface area contributed by atoms with E-state index in [9.17, 15) is 0 Å². The number of methoxy groups -OCH3 is 1. The van der Waals surface area contributed by atoms with Crippen molar-refractivity contribution in [2.75, 3.05) is 26.9 Å². The highest BCUT2D eigenvalue weighted by Gasteiger charge is 2.12. The molecule has 0 amide bonds. The van der Waals surface area contributed by atoms with Crippen LogP contribution in [0.4, 0.5) is 5.13 Å². The Hall–Kier alpha value is -2.81. The highest BCUT2D eigenvalue weighted by atomic mass is 32.1. The van der Waals surface area contributed by atoms with Crippen LogP contribution in [0.15, 0.2) is 53.0 Å². The molecule has 1 aromatic carbocycles. The molecule has 2 aromatic heterocycles. The van der Waals surface area contributed by atoms with Crippen molar-refractivity contribution in [2.24, 2.45) is 4.99 Å². The molecule has 2 N–H and O–H groups in total. The maximum Gasteiger partial charge on any atom is 0.228 e. The lowest BCUT2D eigenvalue weighted by molar-refractivity contribution is 0.407. The van der Waals surface area contributed by atoms with E-state index in [1.54, 1.807) is 19.4 Å². The lowest BCUT2D eigenvalue weighted by Crippen LogP contribution is -2.37. The summed E-state index contributed by atoms with van der Waals surface area (Å²) in [4.78, 5) is 12.5. The maximum atomic E-state index is 5.88. The van der Waals surface area contributed by atoms with E-state index < -0.39 is 0 Å². The smallest absolute Gasteiger partial charge is 0.228 e. The molecule has 28 heavy (non-hydrogen) atoms. The zero-order valence-corrected chi connectivity index (χ0v) is 16.5. The van der Waals surface area contributed by atoms with Crippen LogP contribution in [-0.2, 0) is 0 Å². The van der Waals surface area contributed by atoms with Gasteiger partial charge >= 0.3 is 0 Å². The fourth-order valence-corrected chi connectivity index (χ4v) is 3.13. The molecule has 0 bridgehead atoms. The second-order valence-electron chi connectivity index (χ2n) is 5.84. The topological polar surface area (TPSA) is 80.7 Å². The van der Waals surface area contributed by atoms with E-state index >= 15 is 0 Å². The standard InChI is InChI=1S/C16H13N3O2S.C4H10N2/c1-17-16-19-14(10-22-16)13-7-4-8-18-15(13)21-12-6-3-5-11(9-12)20-2;1-2-5-4-6-3-1/h3-10H,1H2,2H3;5-6H,1-4H2. The van der Waals surface area contributed by atoms with Crippen molar-refractivity contribution in [3.63, 3.8) is 0 Å². The van der Waals surface area contributed by atoms with Gasteiger partial charge in [-0.05, 0) is 50.5 Å². The highest BCUT2D eigenvalue weighted by molar-refractivity contribution is 7.13. The minimum absolute atomic E-state index is 0.483. The van der Waals surface area contributed by atoms with E-state index in [1.165, 1.54) is 30.8 Å². The first kappa shape index (κ1) is 19.9. The number of hydrogen-bond donors (Lipinski definition) is 2. The largest absolute Gasteiger partial charge is 0.497 e. The number of nitrogens with one attached hydrogen (secondary N) is 2. The number of ether oxygens (including phenoxy) is 2. The van der Waals surface area contributed by atoms with Crippen LogP contribution in [0.25, 0.3) is 11.3 Å². The van der Waals surface area contributed by atoms with E-state index in [-0.39, 0.29) is 0 Å². The van der Waals surface area contributed by atoms with Gasteiger partial charge in [-0.3, -0.25) is 0 Å². The molecular weight excluding hydrogens is 374 g/mol. The second-order valence-corrected chi connectivity index (χ2v) is 6.68. The van der Waals surface area contributed by atoms with Gasteiger partial charge in [0.2, 0.25) is 11.0 Å². The molecule has 1 aliphatic rings. The van der Waals surface area contributed by atoms with E-state index in [1.807, 2.05) is 35.7 Å². The van der Waals surface area contributed by atoms with Crippen molar-refractivity contribution in [3.05, 3.63) is 48.0 Å². The Balaban J connectivity index is 0.000000320. The minimum Gasteiger partial charge on any atom is -0.497 e. The molecule has 1 fully saturated rings. The molecule has 146 valence electrons. The predicted octanol–water partition coefficient (Wildman–Crippen LogP) is 3.86. The fraction of sp³-hybridized carbons (Fsp3) is 0.250. The Kier molecular flexibility index (Phi) is 7.48. The van der Waals surface area contributed by atoms with Gasteiger partial charge in [0.05, 0.1) is 18.4 Å². The summed E-state index contributed by atoms with van der Waals surface area (Å²) in [5, 5.41) is 8.87. The van der Waals surface area contributed by atoms with Crippen molar-refractivity contribution >= 4 is 23.2 Å². The fourth-order valence-electron chi connectivity index (χ4n) is 2.51. The van der Waals surface area contributed by atoms with Crippen molar-refractivity contribution in [1.82, 2.24) is 20.6 Å². The summed E-state index contributed by atoms with van der Waals surface area (Å²) in [6, 6.07) is 11.1. The third kappa shape index (κ3) is 5.59. The van der Waals surface area contributed by atoms with Gasteiger partial charge in [0.1, 0.15) is 11.5 Å². The van der Waals surface area contributed by atoms with E-state index in [0.29, 0.717) is 16.8 Å². The normalized spacial score (nSPS) is 13.2. The summed E-state index contributed by atoms with van der Waals surface area (Å²) in [6.07, 6.45) is 2.96. The Morgan fingerprint density at radius 2 is 1.96 bits per heavy atom. The molecule has 3 heterocycles. The molecule has 7 nitrogen and oxygen atoms in total. The number of hydrogen-bond acceptors (Lipinski definition) is 8. The van der Waals surface area contributed by atoms with Gasteiger partial charge in [-0.15, -0.1) is 11.3 Å². The molecule has 4 rings (SSSR count). The number of aromatic nitrogens is 2. The third-order valence-electron chi connectivity index (χ3n) is 3.89. The van der Waals surface area contributed by atoms with E-state index in [2.05, 4.69) is 32.3 Å².